The van der Waals surface area contributed by atoms with Gasteiger partial charge >= 0.3 is 0 Å². The maximum absolute atomic E-state index is 8.55. The summed E-state index contributed by atoms with van der Waals surface area (Å²) in [4.78, 5) is 4.30. The summed E-state index contributed by atoms with van der Waals surface area (Å²) in [5.41, 5.74) is 0.768. The monoisotopic (exact) mass is 268 g/mol. The van der Waals surface area contributed by atoms with Crippen LogP contribution in [0.25, 0.3) is 10.8 Å². The smallest absolute Gasteiger partial charge is 0.162 e. The van der Waals surface area contributed by atoms with Crippen molar-refractivity contribution >= 4 is 27.3 Å². The normalized spacial score (nSPS) is 10.0. The Morgan fingerprint density at radius 3 is 3.14 bits per heavy atom. The minimum Gasteiger partial charge on any atom is -0.462 e. The quantitative estimate of drug-likeness (QED) is 0.840. The molecule has 0 unspecified atom stereocenters. The maximum atomic E-state index is 8.55. The molecule has 14 heavy (non-hydrogen) atoms. The lowest BCUT2D eigenvalue weighted by atomic mass is 10.4. The molecule has 0 saturated heterocycles. The summed E-state index contributed by atoms with van der Waals surface area (Å²) in [5.74, 6) is 0.736. The first-order valence-corrected chi connectivity index (χ1v) is 5.48. The number of thiazole rings is 1. The first kappa shape index (κ1) is 9.44. The van der Waals surface area contributed by atoms with Crippen LogP contribution in [-0.4, -0.2) is 4.98 Å². The van der Waals surface area contributed by atoms with Gasteiger partial charge in [0.2, 0.25) is 0 Å². The number of rotatable bonds is 2. The zero-order valence-electron chi connectivity index (χ0n) is 7.03. The Balaban J connectivity index is 2.39. The molecule has 0 saturated carbocycles. The molecule has 5 heteroatoms. The molecular weight excluding hydrogens is 264 g/mol. The minimum atomic E-state index is 0.317. The van der Waals surface area contributed by atoms with Gasteiger partial charge in [-0.05, 0) is 28.1 Å². The summed E-state index contributed by atoms with van der Waals surface area (Å²) in [5, 5.41) is 9.35. The van der Waals surface area contributed by atoms with E-state index in [0.29, 0.717) is 6.42 Å². The SMILES string of the molecule is N#CCc1nc(-c2ccco2)sc1Br. The number of nitrogens with zero attached hydrogens (tertiary/aromatic N) is 2. The van der Waals surface area contributed by atoms with Crippen LogP contribution in [-0.2, 0) is 6.42 Å². The van der Waals surface area contributed by atoms with Crippen LogP contribution in [0, 0.1) is 11.3 Å². The van der Waals surface area contributed by atoms with Gasteiger partial charge in [-0.3, -0.25) is 0 Å². The van der Waals surface area contributed by atoms with E-state index in [2.05, 4.69) is 27.0 Å². The second-order valence-electron chi connectivity index (χ2n) is 2.55. The Hall–Kier alpha value is -1.12. The van der Waals surface area contributed by atoms with Gasteiger partial charge in [-0.25, -0.2) is 4.98 Å². The zero-order chi connectivity index (χ0) is 9.97. The van der Waals surface area contributed by atoms with E-state index in [1.54, 1.807) is 6.26 Å². The number of hydrogen-bond donors (Lipinski definition) is 0. The summed E-state index contributed by atoms with van der Waals surface area (Å²) in [6.45, 7) is 0. The molecule has 0 aliphatic carbocycles. The third-order valence-electron chi connectivity index (χ3n) is 1.63. The van der Waals surface area contributed by atoms with Gasteiger partial charge in [0, 0.05) is 0 Å². The Morgan fingerprint density at radius 1 is 1.64 bits per heavy atom. The maximum Gasteiger partial charge on any atom is 0.162 e. The lowest BCUT2D eigenvalue weighted by molar-refractivity contribution is 0.581. The van der Waals surface area contributed by atoms with E-state index >= 15 is 0 Å². The van der Waals surface area contributed by atoms with E-state index in [0.717, 1.165) is 20.2 Å². The van der Waals surface area contributed by atoms with E-state index in [-0.39, 0.29) is 0 Å². The van der Waals surface area contributed by atoms with Gasteiger partial charge in [-0.15, -0.1) is 11.3 Å². The number of aromatic nitrogens is 1. The van der Waals surface area contributed by atoms with Crippen LogP contribution in [0.2, 0.25) is 0 Å². The third-order valence-corrected chi connectivity index (χ3v) is 3.47. The first-order chi connectivity index (χ1) is 6.81. The summed E-state index contributed by atoms with van der Waals surface area (Å²) in [6, 6.07) is 5.73. The fourth-order valence-corrected chi connectivity index (χ4v) is 2.49. The lowest BCUT2D eigenvalue weighted by Gasteiger charge is -1.85. The topological polar surface area (TPSA) is 49.8 Å². The molecule has 2 rings (SSSR count). The molecular formula is C9H5BrN2OS. The highest BCUT2D eigenvalue weighted by atomic mass is 79.9. The van der Waals surface area contributed by atoms with Gasteiger partial charge < -0.3 is 4.42 Å². The molecule has 0 aliphatic rings. The van der Waals surface area contributed by atoms with Crippen molar-refractivity contribution in [2.75, 3.05) is 0 Å². The van der Waals surface area contributed by atoms with Crippen molar-refractivity contribution in [3.63, 3.8) is 0 Å². The van der Waals surface area contributed by atoms with Gasteiger partial charge in [-0.2, -0.15) is 5.26 Å². The van der Waals surface area contributed by atoms with Gasteiger partial charge in [-0.1, -0.05) is 0 Å². The number of nitriles is 1. The Morgan fingerprint density at radius 2 is 2.50 bits per heavy atom. The van der Waals surface area contributed by atoms with Crippen molar-refractivity contribution in [1.29, 1.82) is 5.26 Å². The molecule has 0 bridgehead atoms. The Bertz CT molecular complexity index is 469. The molecule has 3 nitrogen and oxygen atoms in total. The molecule has 0 radical (unpaired) electrons. The van der Waals surface area contributed by atoms with Crippen molar-refractivity contribution in [3.8, 4) is 16.8 Å². The molecule has 0 atom stereocenters. The average molecular weight is 269 g/mol. The molecule has 70 valence electrons. The number of halogens is 1. The average Bonchev–Trinajstić information content (AvgIpc) is 2.76. The molecule has 0 aliphatic heterocycles. The van der Waals surface area contributed by atoms with Crippen LogP contribution in [0.3, 0.4) is 0 Å². The molecule has 2 aromatic rings. The Labute approximate surface area is 93.1 Å². The van der Waals surface area contributed by atoms with Crippen LogP contribution in [0.1, 0.15) is 5.69 Å². The van der Waals surface area contributed by atoms with Crippen LogP contribution >= 0.6 is 27.3 Å². The van der Waals surface area contributed by atoms with Gasteiger partial charge in [0.25, 0.3) is 0 Å². The predicted octanol–water partition coefficient (Wildman–Crippen LogP) is 3.23. The van der Waals surface area contributed by atoms with Crippen molar-refractivity contribution in [2.45, 2.75) is 6.42 Å². The third kappa shape index (κ3) is 1.72. The summed E-state index contributed by atoms with van der Waals surface area (Å²) in [7, 11) is 0. The second kappa shape index (κ2) is 3.95. The largest absolute Gasteiger partial charge is 0.462 e. The summed E-state index contributed by atoms with van der Waals surface area (Å²) >= 11 is 4.84. The summed E-state index contributed by atoms with van der Waals surface area (Å²) in [6.07, 6.45) is 1.92. The highest BCUT2D eigenvalue weighted by Gasteiger charge is 2.11. The summed E-state index contributed by atoms with van der Waals surface area (Å²) < 4.78 is 6.10. The van der Waals surface area contributed by atoms with E-state index in [1.807, 2.05) is 12.1 Å². The van der Waals surface area contributed by atoms with E-state index in [1.165, 1.54) is 11.3 Å². The second-order valence-corrected chi connectivity index (χ2v) is 4.87. The standard InChI is InChI=1S/C9H5BrN2OS/c10-8-6(3-4-11)12-9(14-8)7-2-1-5-13-7/h1-2,5H,3H2. The first-order valence-electron chi connectivity index (χ1n) is 3.87. The molecule has 0 N–H and O–H groups in total. The fourth-order valence-electron chi connectivity index (χ4n) is 1.02. The van der Waals surface area contributed by atoms with Crippen LogP contribution < -0.4 is 0 Å². The lowest BCUT2D eigenvalue weighted by Crippen LogP contribution is -1.81. The van der Waals surface area contributed by atoms with Crippen LogP contribution in [0.4, 0.5) is 0 Å². The van der Waals surface area contributed by atoms with Gasteiger partial charge in [0.15, 0.2) is 10.8 Å². The Kier molecular flexibility index (Phi) is 2.66. The molecule has 0 spiro atoms. The number of hydrogen-bond acceptors (Lipinski definition) is 4. The van der Waals surface area contributed by atoms with Crippen molar-refractivity contribution in [2.24, 2.45) is 0 Å². The van der Waals surface area contributed by atoms with E-state index < -0.39 is 0 Å². The van der Waals surface area contributed by atoms with Crippen LogP contribution in [0.5, 0.6) is 0 Å². The van der Waals surface area contributed by atoms with Crippen LogP contribution in [0.15, 0.2) is 26.6 Å². The highest BCUT2D eigenvalue weighted by molar-refractivity contribution is 9.11. The van der Waals surface area contributed by atoms with Crippen molar-refractivity contribution < 1.29 is 4.42 Å². The minimum absolute atomic E-state index is 0.317. The van der Waals surface area contributed by atoms with Gasteiger partial charge in [0.05, 0.1) is 28.2 Å². The fraction of sp³-hybridized carbons (Fsp3) is 0.111. The van der Waals surface area contributed by atoms with E-state index in [4.69, 9.17) is 9.68 Å². The van der Waals surface area contributed by atoms with Crippen molar-refractivity contribution in [1.82, 2.24) is 4.98 Å². The predicted molar refractivity (Wildman–Crippen MR) is 56.8 cm³/mol. The molecule has 0 fully saturated rings. The molecule has 0 aromatic carbocycles. The molecule has 2 heterocycles. The van der Waals surface area contributed by atoms with Crippen molar-refractivity contribution in [3.05, 3.63) is 27.9 Å². The molecule has 2 aromatic heterocycles. The van der Waals surface area contributed by atoms with Gasteiger partial charge in [0.1, 0.15) is 0 Å². The molecule has 0 amide bonds. The van der Waals surface area contributed by atoms with E-state index in [9.17, 15) is 0 Å². The highest BCUT2D eigenvalue weighted by Crippen LogP contribution is 2.32. The zero-order valence-corrected chi connectivity index (χ0v) is 9.43. The number of furan rings is 1.